The fraction of sp³-hybridized carbons (Fsp3) is 0.200. The highest BCUT2D eigenvalue weighted by atomic mass is 16.4. The maximum atomic E-state index is 8.98. The number of benzene rings is 1. The maximum absolute atomic E-state index is 8.98. The molecule has 0 aliphatic heterocycles. The van der Waals surface area contributed by atoms with Gasteiger partial charge in [0.15, 0.2) is 5.84 Å². The Morgan fingerprint density at radius 1 is 1.30 bits per heavy atom. The van der Waals surface area contributed by atoms with Gasteiger partial charge in [-0.1, -0.05) is 23.4 Å². The summed E-state index contributed by atoms with van der Waals surface area (Å²) in [6.07, 6.45) is 1.73. The summed E-state index contributed by atoms with van der Waals surface area (Å²) in [6, 6.07) is 11.8. The molecule has 1 aromatic heterocycles. The van der Waals surface area contributed by atoms with E-state index in [0.29, 0.717) is 11.4 Å². The summed E-state index contributed by atoms with van der Waals surface area (Å²) in [7, 11) is 0. The molecule has 2 rings (SSSR count). The van der Waals surface area contributed by atoms with Crippen molar-refractivity contribution in [2.24, 2.45) is 10.9 Å². The maximum Gasteiger partial charge on any atom is 0.174 e. The molecular weight excluding hydrogens is 252 g/mol. The van der Waals surface area contributed by atoms with Gasteiger partial charge in [0.2, 0.25) is 0 Å². The first-order chi connectivity index (χ1) is 9.69. The number of hydrogen-bond acceptors (Lipinski definition) is 4. The van der Waals surface area contributed by atoms with Crippen LogP contribution in [0.3, 0.4) is 0 Å². The number of aryl methyl sites for hydroxylation is 1. The predicted octanol–water partition coefficient (Wildman–Crippen LogP) is 2.64. The lowest BCUT2D eigenvalue weighted by Gasteiger charge is -2.25. The number of amidine groups is 1. The molecule has 0 atom stereocenters. The van der Waals surface area contributed by atoms with Crippen LogP contribution in [0.5, 0.6) is 0 Å². The van der Waals surface area contributed by atoms with E-state index in [1.54, 1.807) is 6.20 Å². The van der Waals surface area contributed by atoms with Crippen LogP contribution in [-0.4, -0.2) is 22.6 Å². The predicted molar refractivity (Wildman–Crippen MR) is 80.6 cm³/mol. The van der Waals surface area contributed by atoms with Gasteiger partial charge in [-0.05, 0) is 37.6 Å². The van der Waals surface area contributed by atoms with Gasteiger partial charge in [-0.3, -0.25) is 0 Å². The van der Waals surface area contributed by atoms with E-state index >= 15 is 0 Å². The van der Waals surface area contributed by atoms with Crippen molar-refractivity contribution in [2.45, 2.75) is 13.8 Å². The number of pyridine rings is 1. The zero-order chi connectivity index (χ0) is 14.5. The number of nitrogens with two attached hydrogens (primary N) is 1. The summed E-state index contributed by atoms with van der Waals surface area (Å²) < 4.78 is 0. The third kappa shape index (κ3) is 2.56. The lowest BCUT2D eigenvalue weighted by molar-refractivity contribution is 0.318. The van der Waals surface area contributed by atoms with Crippen molar-refractivity contribution in [3.63, 3.8) is 0 Å². The fourth-order valence-electron chi connectivity index (χ4n) is 2.18. The van der Waals surface area contributed by atoms with E-state index in [0.717, 1.165) is 17.8 Å². The van der Waals surface area contributed by atoms with E-state index in [1.165, 1.54) is 0 Å². The molecule has 3 N–H and O–H groups in total. The largest absolute Gasteiger partial charge is 0.409 e. The van der Waals surface area contributed by atoms with Crippen molar-refractivity contribution in [1.29, 1.82) is 0 Å². The molecule has 20 heavy (non-hydrogen) atoms. The standard InChI is InChI=1S/C15H18N4O/c1-3-19(12-7-5-4-6-8-12)15-13(14(16)18-20)11(2)9-10-17-15/h4-10,20H,3H2,1-2H3,(H2,16,18). The molecule has 1 heterocycles. The Bertz CT molecular complexity index is 611. The minimum atomic E-state index is 0.0694. The third-order valence-electron chi connectivity index (χ3n) is 3.14. The van der Waals surface area contributed by atoms with Crippen LogP contribution < -0.4 is 10.6 Å². The van der Waals surface area contributed by atoms with Crippen LogP contribution in [0.4, 0.5) is 11.5 Å². The molecule has 0 bridgehead atoms. The number of aromatic nitrogens is 1. The van der Waals surface area contributed by atoms with Crippen LogP contribution in [-0.2, 0) is 0 Å². The van der Waals surface area contributed by atoms with Crippen molar-refractivity contribution in [1.82, 2.24) is 4.98 Å². The summed E-state index contributed by atoms with van der Waals surface area (Å²) in [5.74, 6) is 0.758. The average Bonchev–Trinajstić information content (AvgIpc) is 2.48. The van der Waals surface area contributed by atoms with E-state index in [1.807, 2.05) is 55.1 Å². The van der Waals surface area contributed by atoms with Crippen molar-refractivity contribution in [3.05, 3.63) is 53.7 Å². The fourth-order valence-corrected chi connectivity index (χ4v) is 2.18. The van der Waals surface area contributed by atoms with Crippen molar-refractivity contribution in [3.8, 4) is 0 Å². The van der Waals surface area contributed by atoms with E-state index < -0.39 is 0 Å². The molecule has 0 fully saturated rings. The van der Waals surface area contributed by atoms with Crippen LogP contribution in [0, 0.1) is 6.92 Å². The van der Waals surface area contributed by atoms with Gasteiger partial charge in [-0.15, -0.1) is 0 Å². The number of oxime groups is 1. The highest BCUT2D eigenvalue weighted by molar-refractivity contribution is 6.03. The second-order valence-electron chi connectivity index (χ2n) is 4.39. The smallest absolute Gasteiger partial charge is 0.174 e. The molecule has 1 aromatic carbocycles. The molecule has 0 aliphatic carbocycles. The summed E-state index contributed by atoms with van der Waals surface area (Å²) >= 11 is 0. The molecule has 0 radical (unpaired) electrons. The lowest BCUT2D eigenvalue weighted by atomic mass is 10.1. The Labute approximate surface area is 118 Å². The number of para-hydroxylation sites is 1. The van der Waals surface area contributed by atoms with Crippen molar-refractivity contribution >= 4 is 17.3 Å². The zero-order valence-electron chi connectivity index (χ0n) is 11.6. The third-order valence-corrected chi connectivity index (χ3v) is 3.14. The second kappa shape index (κ2) is 6.06. The minimum Gasteiger partial charge on any atom is -0.409 e. The van der Waals surface area contributed by atoms with Crippen LogP contribution in [0.15, 0.2) is 47.8 Å². The highest BCUT2D eigenvalue weighted by Gasteiger charge is 2.17. The van der Waals surface area contributed by atoms with Crippen molar-refractivity contribution < 1.29 is 5.21 Å². The topological polar surface area (TPSA) is 74.7 Å². The quantitative estimate of drug-likeness (QED) is 0.387. The lowest BCUT2D eigenvalue weighted by Crippen LogP contribution is -2.24. The Kier molecular flexibility index (Phi) is 4.20. The highest BCUT2D eigenvalue weighted by Crippen LogP contribution is 2.27. The minimum absolute atomic E-state index is 0.0694. The first-order valence-corrected chi connectivity index (χ1v) is 6.45. The summed E-state index contributed by atoms with van der Waals surface area (Å²) in [6.45, 7) is 4.68. The van der Waals surface area contributed by atoms with Gasteiger partial charge in [-0.25, -0.2) is 4.98 Å². The molecule has 0 aliphatic rings. The van der Waals surface area contributed by atoms with E-state index in [2.05, 4.69) is 10.1 Å². The van der Waals surface area contributed by atoms with Gasteiger partial charge in [0.05, 0.1) is 5.56 Å². The number of hydrogen-bond donors (Lipinski definition) is 2. The van der Waals surface area contributed by atoms with E-state index in [-0.39, 0.29) is 5.84 Å². The normalized spacial score (nSPS) is 11.4. The number of anilines is 2. The summed E-state index contributed by atoms with van der Waals surface area (Å²) in [5.41, 5.74) is 8.38. The molecule has 0 amide bonds. The first-order valence-electron chi connectivity index (χ1n) is 6.45. The Balaban J connectivity index is 2.59. The van der Waals surface area contributed by atoms with Crippen LogP contribution >= 0.6 is 0 Å². The molecular formula is C15H18N4O. The Morgan fingerprint density at radius 3 is 2.60 bits per heavy atom. The van der Waals surface area contributed by atoms with Gasteiger partial charge in [0.25, 0.3) is 0 Å². The summed E-state index contributed by atoms with van der Waals surface area (Å²) in [4.78, 5) is 6.44. The molecule has 0 saturated carbocycles. The molecule has 0 saturated heterocycles. The molecule has 0 unspecified atom stereocenters. The summed E-state index contributed by atoms with van der Waals surface area (Å²) in [5, 5.41) is 12.1. The van der Waals surface area contributed by atoms with E-state index in [9.17, 15) is 0 Å². The monoisotopic (exact) mass is 270 g/mol. The second-order valence-corrected chi connectivity index (χ2v) is 4.39. The molecule has 5 nitrogen and oxygen atoms in total. The molecule has 5 heteroatoms. The van der Waals surface area contributed by atoms with Gasteiger partial charge in [-0.2, -0.15) is 0 Å². The molecule has 0 spiro atoms. The number of nitrogens with zero attached hydrogens (tertiary/aromatic N) is 3. The van der Waals surface area contributed by atoms with Gasteiger partial charge >= 0.3 is 0 Å². The van der Waals surface area contributed by atoms with E-state index in [4.69, 9.17) is 10.9 Å². The Morgan fingerprint density at radius 2 is 2.00 bits per heavy atom. The van der Waals surface area contributed by atoms with Crippen LogP contribution in [0.2, 0.25) is 0 Å². The van der Waals surface area contributed by atoms with Crippen molar-refractivity contribution in [2.75, 3.05) is 11.4 Å². The van der Waals surface area contributed by atoms with Crippen LogP contribution in [0.1, 0.15) is 18.1 Å². The first kappa shape index (κ1) is 13.9. The molecule has 104 valence electrons. The van der Waals surface area contributed by atoms with Gasteiger partial charge in [0.1, 0.15) is 5.82 Å². The van der Waals surface area contributed by atoms with Gasteiger partial charge < -0.3 is 15.8 Å². The SMILES string of the molecule is CCN(c1ccccc1)c1nccc(C)c1/C(N)=N/O. The van der Waals surface area contributed by atoms with Crippen LogP contribution in [0.25, 0.3) is 0 Å². The molecule has 2 aromatic rings. The number of rotatable bonds is 4. The zero-order valence-corrected chi connectivity index (χ0v) is 11.6. The Hall–Kier alpha value is -2.56. The van der Waals surface area contributed by atoms with Gasteiger partial charge in [0, 0.05) is 18.4 Å². The average molecular weight is 270 g/mol.